The third-order valence-electron chi connectivity index (χ3n) is 2.60. The zero-order chi connectivity index (χ0) is 12.0. The van der Waals surface area contributed by atoms with E-state index in [1.54, 1.807) is 7.11 Å². The van der Waals surface area contributed by atoms with E-state index in [0.29, 0.717) is 0 Å². The summed E-state index contributed by atoms with van der Waals surface area (Å²) in [6, 6.07) is 8.65. The highest BCUT2D eigenvalue weighted by Crippen LogP contribution is 2.16. The van der Waals surface area contributed by atoms with Crippen LogP contribution in [-0.2, 0) is 4.43 Å². The van der Waals surface area contributed by atoms with E-state index in [1.807, 2.05) is 24.3 Å². The molecule has 0 aliphatic carbocycles. The van der Waals surface area contributed by atoms with Gasteiger partial charge in [0.1, 0.15) is 5.75 Å². The van der Waals surface area contributed by atoms with Crippen molar-refractivity contribution < 1.29 is 9.16 Å². The summed E-state index contributed by atoms with van der Waals surface area (Å²) in [6.45, 7) is 5.16. The second-order valence-corrected chi connectivity index (χ2v) is 8.92. The molecule has 0 bridgehead atoms. The Morgan fingerprint density at radius 1 is 1.31 bits per heavy atom. The lowest BCUT2D eigenvalue weighted by Crippen LogP contribution is -2.28. The summed E-state index contributed by atoms with van der Waals surface area (Å²) in [6.07, 6.45) is 1.03. The van der Waals surface area contributed by atoms with Gasteiger partial charge in [-0.15, -0.1) is 0 Å². The second-order valence-electron chi connectivity index (χ2n) is 4.49. The van der Waals surface area contributed by atoms with E-state index in [2.05, 4.69) is 13.1 Å². The predicted octanol–water partition coefficient (Wildman–Crippen LogP) is 2.89. The Morgan fingerprint density at radius 2 is 2.06 bits per heavy atom. The molecule has 0 atom stereocenters. The van der Waals surface area contributed by atoms with Crippen LogP contribution in [0.4, 0.5) is 5.69 Å². The SMILES string of the molecule is CO[Si](C)(C)CCCOc1cccc(N)c1. The molecule has 0 spiro atoms. The molecular formula is C12H21NO2Si. The summed E-state index contributed by atoms with van der Waals surface area (Å²) in [5.74, 6) is 0.844. The third-order valence-corrected chi connectivity index (χ3v) is 5.27. The van der Waals surface area contributed by atoms with Gasteiger partial charge in [-0.1, -0.05) is 6.07 Å². The molecule has 2 N–H and O–H groups in total. The fraction of sp³-hybridized carbons (Fsp3) is 0.500. The van der Waals surface area contributed by atoms with E-state index in [4.69, 9.17) is 14.9 Å². The molecule has 1 aromatic rings. The molecule has 0 unspecified atom stereocenters. The smallest absolute Gasteiger partial charge is 0.186 e. The molecule has 0 fully saturated rings. The molecule has 3 nitrogen and oxygen atoms in total. The Labute approximate surface area is 98.7 Å². The van der Waals surface area contributed by atoms with Crippen molar-refractivity contribution in [3.63, 3.8) is 0 Å². The van der Waals surface area contributed by atoms with Gasteiger partial charge in [-0.2, -0.15) is 0 Å². The van der Waals surface area contributed by atoms with Crippen LogP contribution >= 0.6 is 0 Å². The molecule has 1 aromatic carbocycles. The van der Waals surface area contributed by atoms with Gasteiger partial charge >= 0.3 is 0 Å². The molecule has 0 heterocycles. The Bertz CT molecular complexity index is 329. The number of anilines is 1. The fourth-order valence-corrected chi connectivity index (χ4v) is 2.59. The van der Waals surface area contributed by atoms with Crippen LogP contribution in [0.15, 0.2) is 24.3 Å². The first-order chi connectivity index (χ1) is 7.53. The summed E-state index contributed by atoms with van der Waals surface area (Å²) in [7, 11) is 0.366. The molecule has 4 heteroatoms. The molecule has 16 heavy (non-hydrogen) atoms. The van der Waals surface area contributed by atoms with Crippen LogP contribution in [0.3, 0.4) is 0 Å². The van der Waals surface area contributed by atoms with Crippen LogP contribution in [0.5, 0.6) is 5.75 Å². The number of nitrogen functional groups attached to an aromatic ring is 1. The molecule has 90 valence electrons. The second kappa shape index (κ2) is 5.91. The van der Waals surface area contributed by atoms with Gasteiger partial charge in [0.25, 0.3) is 0 Å². The summed E-state index contributed by atoms with van der Waals surface area (Å²) in [5.41, 5.74) is 6.40. The fourth-order valence-electron chi connectivity index (χ4n) is 1.39. The zero-order valence-corrected chi connectivity index (χ0v) is 11.3. The van der Waals surface area contributed by atoms with Gasteiger partial charge in [-0.25, -0.2) is 0 Å². The topological polar surface area (TPSA) is 44.5 Å². The lowest BCUT2D eigenvalue weighted by atomic mass is 10.3. The molecule has 0 aromatic heterocycles. The molecule has 0 saturated carbocycles. The highest BCUT2D eigenvalue weighted by Gasteiger charge is 2.19. The Hall–Kier alpha value is -1.00. The van der Waals surface area contributed by atoms with E-state index in [1.165, 1.54) is 0 Å². The van der Waals surface area contributed by atoms with Crippen LogP contribution in [0.1, 0.15) is 6.42 Å². The van der Waals surface area contributed by atoms with Gasteiger partial charge in [-0.3, -0.25) is 0 Å². The van der Waals surface area contributed by atoms with Gasteiger partial charge < -0.3 is 14.9 Å². The van der Waals surface area contributed by atoms with Crippen LogP contribution in [0.25, 0.3) is 0 Å². The molecule has 0 saturated heterocycles. The molecule has 0 amide bonds. The monoisotopic (exact) mass is 239 g/mol. The molecule has 0 radical (unpaired) electrons. The van der Waals surface area contributed by atoms with Crippen molar-refractivity contribution in [2.45, 2.75) is 25.6 Å². The molecule has 1 rings (SSSR count). The average Bonchev–Trinajstić information content (AvgIpc) is 2.25. The highest BCUT2D eigenvalue weighted by molar-refractivity contribution is 6.71. The molecule has 0 aliphatic rings. The van der Waals surface area contributed by atoms with Crippen molar-refractivity contribution in [3.05, 3.63) is 24.3 Å². The molecule has 0 aliphatic heterocycles. The number of ether oxygens (including phenoxy) is 1. The van der Waals surface area contributed by atoms with Crippen molar-refractivity contribution in [1.82, 2.24) is 0 Å². The number of hydrogen-bond donors (Lipinski definition) is 1. The number of benzene rings is 1. The van der Waals surface area contributed by atoms with Crippen molar-refractivity contribution in [1.29, 1.82) is 0 Å². The van der Waals surface area contributed by atoms with Crippen molar-refractivity contribution >= 4 is 14.0 Å². The maximum absolute atomic E-state index is 5.66. The Morgan fingerprint density at radius 3 is 2.69 bits per heavy atom. The van der Waals surface area contributed by atoms with E-state index in [0.717, 1.165) is 30.5 Å². The maximum Gasteiger partial charge on any atom is 0.186 e. The summed E-state index contributed by atoms with van der Waals surface area (Å²) < 4.78 is 11.1. The van der Waals surface area contributed by atoms with Crippen molar-refractivity contribution in [2.75, 3.05) is 19.5 Å². The van der Waals surface area contributed by atoms with Crippen molar-refractivity contribution in [2.24, 2.45) is 0 Å². The zero-order valence-electron chi connectivity index (χ0n) is 10.3. The lowest BCUT2D eigenvalue weighted by molar-refractivity contribution is 0.312. The van der Waals surface area contributed by atoms with E-state index < -0.39 is 8.32 Å². The first-order valence-corrected chi connectivity index (χ1v) is 8.68. The standard InChI is InChI=1S/C12H21NO2Si/c1-14-16(2,3)9-5-8-15-12-7-4-6-11(13)10-12/h4,6-7,10H,5,8-9,13H2,1-3H3. The van der Waals surface area contributed by atoms with Gasteiger partial charge in [0, 0.05) is 18.9 Å². The number of rotatable bonds is 6. The average molecular weight is 239 g/mol. The van der Waals surface area contributed by atoms with Crippen LogP contribution < -0.4 is 10.5 Å². The van der Waals surface area contributed by atoms with E-state index in [9.17, 15) is 0 Å². The number of nitrogens with two attached hydrogens (primary N) is 1. The highest BCUT2D eigenvalue weighted by atomic mass is 28.4. The number of hydrogen-bond acceptors (Lipinski definition) is 3. The van der Waals surface area contributed by atoms with Crippen LogP contribution in [0.2, 0.25) is 19.1 Å². The van der Waals surface area contributed by atoms with E-state index >= 15 is 0 Å². The maximum atomic E-state index is 5.66. The van der Waals surface area contributed by atoms with Gasteiger partial charge in [0.15, 0.2) is 8.32 Å². The molecular weight excluding hydrogens is 218 g/mol. The lowest BCUT2D eigenvalue weighted by Gasteiger charge is -2.19. The first kappa shape index (κ1) is 13.1. The normalized spacial score (nSPS) is 11.4. The van der Waals surface area contributed by atoms with Gasteiger partial charge in [-0.05, 0) is 37.7 Å². The van der Waals surface area contributed by atoms with Crippen LogP contribution in [-0.4, -0.2) is 22.0 Å². The minimum Gasteiger partial charge on any atom is -0.494 e. The summed E-state index contributed by atoms with van der Waals surface area (Å²) in [4.78, 5) is 0. The third kappa shape index (κ3) is 4.68. The Balaban J connectivity index is 2.26. The van der Waals surface area contributed by atoms with Gasteiger partial charge in [0.05, 0.1) is 6.61 Å². The largest absolute Gasteiger partial charge is 0.494 e. The minimum atomic E-state index is -1.43. The summed E-state index contributed by atoms with van der Waals surface area (Å²) >= 11 is 0. The Kier molecular flexibility index (Phi) is 4.83. The minimum absolute atomic E-state index is 0.725. The van der Waals surface area contributed by atoms with E-state index in [-0.39, 0.29) is 0 Å². The predicted molar refractivity (Wildman–Crippen MR) is 70.3 cm³/mol. The first-order valence-electron chi connectivity index (χ1n) is 5.57. The van der Waals surface area contributed by atoms with Crippen LogP contribution in [0, 0.1) is 0 Å². The summed E-state index contributed by atoms with van der Waals surface area (Å²) in [5, 5.41) is 0. The quantitative estimate of drug-likeness (QED) is 0.471. The van der Waals surface area contributed by atoms with Gasteiger partial charge in [0.2, 0.25) is 0 Å². The van der Waals surface area contributed by atoms with Crippen molar-refractivity contribution in [3.8, 4) is 5.75 Å².